The van der Waals surface area contributed by atoms with Gasteiger partial charge in [0.2, 0.25) is 0 Å². The molecule has 1 saturated heterocycles. The Kier molecular flexibility index (Phi) is 3.72. The van der Waals surface area contributed by atoms with Crippen molar-refractivity contribution < 1.29 is 8.91 Å². The number of aromatic nitrogens is 3. The molecule has 2 aromatic heterocycles. The van der Waals surface area contributed by atoms with Gasteiger partial charge in [0.15, 0.2) is 0 Å². The van der Waals surface area contributed by atoms with Gasteiger partial charge in [0.25, 0.3) is 0 Å². The van der Waals surface area contributed by atoms with Crippen LogP contribution < -0.4 is 11.0 Å². The summed E-state index contributed by atoms with van der Waals surface area (Å²) in [7, 11) is 0. The van der Waals surface area contributed by atoms with E-state index in [1.54, 1.807) is 19.1 Å². The van der Waals surface area contributed by atoms with Gasteiger partial charge in [0.05, 0.1) is 16.7 Å². The van der Waals surface area contributed by atoms with Gasteiger partial charge in [-0.25, -0.2) is 9.18 Å². The fourth-order valence-corrected chi connectivity index (χ4v) is 3.55. The van der Waals surface area contributed by atoms with Crippen LogP contribution in [0.4, 0.5) is 4.39 Å². The van der Waals surface area contributed by atoms with Gasteiger partial charge in [-0.2, -0.15) is 0 Å². The topological polar surface area (TPSA) is 86.7 Å². The Morgan fingerprint density at radius 2 is 2.00 bits per heavy atom. The van der Waals surface area contributed by atoms with Crippen LogP contribution in [-0.2, 0) is 6.42 Å². The molecule has 0 radical (unpaired) electrons. The third-order valence-corrected chi connectivity index (χ3v) is 4.70. The number of nitrogens with one attached hydrogen (secondary N) is 3. The first-order chi connectivity index (χ1) is 11.6. The van der Waals surface area contributed by atoms with Gasteiger partial charge in [-0.3, -0.25) is 0 Å². The summed E-state index contributed by atoms with van der Waals surface area (Å²) in [5.41, 5.74) is 2.89. The second-order valence-electron chi connectivity index (χ2n) is 6.39. The van der Waals surface area contributed by atoms with Crippen molar-refractivity contribution in [2.75, 3.05) is 13.1 Å². The SMILES string of the molecule is Cc1cc(Cc2c(F)cc(C3CCNCC3)c3[nH]c(=O)[nH]c23)no1. The van der Waals surface area contributed by atoms with E-state index < -0.39 is 0 Å². The number of halogens is 1. The van der Waals surface area contributed by atoms with Crippen molar-refractivity contribution in [2.24, 2.45) is 0 Å². The predicted octanol–water partition coefficient (Wildman–Crippen LogP) is 2.35. The molecule has 0 spiro atoms. The second-order valence-corrected chi connectivity index (χ2v) is 6.39. The van der Waals surface area contributed by atoms with Crippen LogP contribution in [0.3, 0.4) is 0 Å². The molecule has 126 valence electrons. The van der Waals surface area contributed by atoms with Crippen LogP contribution in [0, 0.1) is 12.7 Å². The summed E-state index contributed by atoms with van der Waals surface area (Å²) in [5, 5.41) is 7.23. The van der Waals surface area contributed by atoms with Crippen LogP contribution in [0.25, 0.3) is 11.0 Å². The summed E-state index contributed by atoms with van der Waals surface area (Å²) in [4.78, 5) is 17.5. The highest BCUT2D eigenvalue weighted by atomic mass is 19.1. The van der Waals surface area contributed by atoms with Gasteiger partial charge in [-0.15, -0.1) is 0 Å². The number of aromatic amines is 2. The smallest absolute Gasteiger partial charge is 0.323 e. The fraction of sp³-hybridized carbons (Fsp3) is 0.412. The van der Waals surface area contributed by atoms with Gasteiger partial charge in [0.1, 0.15) is 11.6 Å². The van der Waals surface area contributed by atoms with Crippen molar-refractivity contribution in [3.05, 3.63) is 51.0 Å². The first-order valence-electron chi connectivity index (χ1n) is 8.18. The van der Waals surface area contributed by atoms with Crippen molar-refractivity contribution in [1.29, 1.82) is 0 Å². The number of hydrogen-bond acceptors (Lipinski definition) is 4. The molecular weight excluding hydrogens is 311 g/mol. The molecule has 3 N–H and O–H groups in total. The minimum Gasteiger partial charge on any atom is -0.361 e. The zero-order valence-electron chi connectivity index (χ0n) is 13.4. The lowest BCUT2D eigenvalue weighted by Gasteiger charge is -2.24. The Balaban J connectivity index is 1.83. The number of aryl methyl sites for hydroxylation is 1. The number of nitrogens with zero attached hydrogens (tertiary/aromatic N) is 1. The maximum atomic E-state index is 14.8. The van der Waals surface area contributed by atoms with E-state index >= 15 is 0 Å². The van der Waals surface area contributed by atoms with Gasteiger partial charge in [-0.05, 0) is 50.4 Å². The molecule has 24 heavy (non-hydrogen) atoms. The number of H-pyrrole nitrogens is 2. The highest BCUT2D eigenvalue weighted by Crippen LogP contribution is 2.33. The summed E-state index contributed by atoms with van der Waals surface area (Å²) in [6.07, 6.45) is 2.15. The molecular formula is C17H19FN4O2. The first kappa shape index (κ1) is 15.1. The average Bonchev–Trinajstić information content (AvgIpc) is 3.16. The Labute approximate surface area is 137 Å². The van der Waals surface area contributed by atoms with Gasteiger partial charge < -0.3 is 19.8 Å². The van der Waals surface area contributed by atoms with Crippen molar-refractivity contribution in [3.8, 4) is 0 Å². The molecule has 7 heteroatoms. The molecule has 0 aliphatic carbocycles. The highest BCUT2D eigenvalue weighted by Gasteiger charge is 2.23. The van der Waals surface area contributed by atoms with Crippen molar-refractivity contribution in [1.82, 2.24) is 20.4 Å². The van der Waals surface area contributed by atoms with Crippen LogP contribution in [-0.4, -0.2) is 28.2 Å². The number of hydrogen-bond donors (Lipinski definition) is 3. The van der Waals surface area contributed by atoms with Gasteiger partial charge >= 0.3 is 5.69 Å². The van der Waals surface area contributed by atoms with E-state index in [4.69, 9.17) is 4.52 Å². The van der Waals surface area contributed by atoms with Crippen LogP contribution in [0.15, 0.2) is 21.5 Å². The Morgan fingerprint density at radius 1 is 1.25 bits per heavy atom. The van der Waals surface area contributed by atoms with E-state index in [2.05, 4.69) is 20.4 Å². The first-order valence-corrected chi connectivity index (χ1v) is 8.18. The van der Waals surface area contributed by atoms with Crippen molar-refractivity contribution >= 4 is 11.0 Å². The molecule has 4 rings (SSSR count). The summed E-state index contributed by atoms with van der Waals surface area (Å²) >= 11 is 0. The van der Waals surface area contributed by atoms with E-state index in [1.165, 1.54) is 0 Å². The molecule has 3 heterocycles. The number of piperidine rings is 1. The molecule has 0 amide bonds. The molecule has 1 aliphatic heterocycles. The van der Waals surface area contributed by atoms with E-state index in [0.29, 0.717) is 28.1 Å². The zero-order valence-corrected chi connectivity index (χ0v) is 13.4. The Bertz CT molecular complexity index is 934. The lowest BCUT2D eigenvalue weighted by molar-refractivity contribution is 0.391. The van der Waals surface area contributed by atoms with Gasteiger partial charge in [-0.1, -0.05) is 5.16 Å². The van der Waals surface area contributed by atoms with E-state index in [-0.39, 0.29) is 23.8 Å². The van der Waals surface area contributed by atoms with E-state index in [9.17, 15) is 9.18 Å². The molecule has 0 unspecified atom stereocenters. The standard InChI is InChI=1S/C17H19FN4O2/c1-9-6-11(22-24-9)7-13-14(18)8-12(10-2-4-19-5-3-10)15-16(13)21-17(23)20-15/h6,8,10,19H,2-5,7H2,1H3,(H2,20,21,23). The minimum atomic E-state index is -0.316. The normalized spacial score (nSPS) is 16.1. The van der Waals surface area contributed by atoms with E-state index in [1.807, 2.05) is 0 Å². The third kappa shape index (κ3) is 2.65. The van der Waals surface area contributed by atoms with Gasteiger partial charge in [0, 0.05) is 18.1 Å². The van der Waals surface area contributed by atoms with Crippen LogP contribution in [0.1, 0.15) is 41.3 Å². The monoisotopic (exact) mass is 330 g/mol. The third-order valence-electron chi connectivity index (χ3n) is 4.70. The summed E-state index contributed by atoms with van der Waals surface area (Å²) < 4.78 is 19.9. The molecule has 6 nitrogen and oxygen atoms in total. The van der Waals surface area contributed by atoms with Crippen LogP contribution in [0.5, 0.6) is 0 Å². The Hall–Kier alpha value is -2.41. The fourth-order valence-electron chi connectivity index (χ4n) is 3.55. The maximum absolute atomic E-state index is 14.8. The minimum absolute atomic E-state index is 0.248. The zero-order chi connectivity index (χ0) is 16.7. The molecule has 0 bridgehead atoms. The molecule has 1 aliphatic rings. The average molecular weight is 330 g/mol. The van der Waals surface area contributed by atoms with Crippen molar-refractivity contribution in [3.63, 3.8) is 0 Å². The number of rotatable bonds is 3. The molecule has 1 aromatic carbocycles. The Morgan fingerprint density at radius 3 is 2.71 bits per heavy atom. The quantitative estimate of drug-likeness (QED) is 0.688. The molecule has 0 saturated carbocycles. The highest BCUT2D eigenvalue weighted by molar-refractivity contribution is 5.82. The second kappa shape index (κ2) is 5.90. The van der Waals surface area contributed by atoms with Crippen LogP contribution in [0.2, 0.25) is 0 Å². The molecule has 0 atom stereocenters. The van der Waals surface area contributed by atoms with Crippen LogP contribution >= 0.6 is 0 Å². The summed E-state index contributed by atoms with van der Waals surface area (Å²) in [5.74, 6) is 0.612. The summed E-state index contributed by atoms with van der Waals surface area (Å²) in [6.45, 7) is 3.60. The lowest BCUT2D eigenvalue weighted by atomic mass is 9.88. The lowest BCUT2D eigenvalue weighted by Crippen LogP contribution is -2.26. The van der Waals surface area contributed by atoms with Crippen molar-refractivity contribution in [2.45, 2.75) is 32.1 Å². The number of benzene rings is 1. The maximum Gasteiger partial charge on any atom is 0.323 e. The molecule has 1 fully saturated rings. The summed E-state index contributed by atoms with van der Waals surface area (Å²) in [6, 6.07) is 3.35. The number of fused-ring (bicyclic) bond motifs is 1. The molecule has 3 aromatic rings. The number of imidazole rings is 1. The van der Waals surface area contributed by atoms with E-state index in [0.717, 1.165) is 31.5 Å². The predicted molar refractivity (Wildman–Crippen MR) is 87.8 cm³/mol. The largest absolute Gasteiger partial charge is 0.361 e.